The van der Waals surface area contributed by atoms with Gasteiger partial charge in [0.05, 0.1) is 6.61 Å². The zero-order valence-corrected chi connectivity index (χ0v) is 10.3. The molecule has 0 atom stereocenters. The largest absolute Gasteiger partial charge is 0.454 e. The van der Waals surface area contributed by atoms with Crippen LogP contribution in [0.5, 0.6) is 11.5 Å². The molecule has 0 aliphatic heterocycles. The molecule has 0 amide bonds. The third-order valence-corrected chi connectivity index (χ3v) is 2.39. The number of benzene rings is 2. The molecule has 0 fully saturated rings. The summed E-state index contributed by atoms with van der Waals surface area (Å²) in [5.74, 6) is 6.09. The SMILES string of the molecule is OCCC#Cc1ccc(Oc2ccccc2F)cc1. The van der Waals surface area contributed by atoms with Crippen molar-refractivity contribution in [3.8, 4) is 23.3 Å². The molecule has 0 bridgehead atoms. The summed E-state index contributed by atoms with van der Waals surface area (Å²) in [5.41, 5.74) is 0.828. The Morgan fingerprint density at radius 3 is 2.47 bits per heavy atom. The maximum Gasteiger partial charge on any atom is 0.165 e. The molecule has 0 saturated heterocycles. The lowest BCUT2D eigenvalue weighted by molar-refractivity contribution is 0.305. The minimum atomic E-state index is -0.394. The van der Waals surface area contributed by atoms with Crippen LogP contribution in [0.25, 0.3) is 0 Å². The van der Waals surface area contributed by atoms with Gasteiger partial charge in [-0.3, -0.25) is 0 Å². The summed E-state index contributed by atoms with van der Waals surface area (Å²) in [7, 11) is 0. The molecule has 1 N–H and O–H groups in total. The van der Waals surface area contributed by atoms with E-state index in [9.17, 15) is 4.39 Å². The highest BCUT2D eigenvalue weighted by Gasteiger charge is 2.02. The Morgan fingerprint density at radius 2 is 1.79 bits per heavy atom. The maximum atomic E-state index is 13.4. The van der Waals surface area contributed by atoms with Crippen molar-refractivity contribution in [3.05, 3.63) is 59.9 Å². The van der Waals surface area contributed by atoms with Crippen LogP contribution in [0.1, 0.15) is 12.0 Å². The van der Waals surface area contributed by atoms with Crippen LogP contribution in [0.4, 0.5) is 4.39 Å². The number of para-hydroxylation sites is 1. The summed E-state index contributed by atoms with van der Waals surface area (Å²) < 4.78 is 18.8. The van der Waals surface area contributed by atoms with Crippen molar-refractivity contribution < 1.29 is 14.2 Å². The van der Waals surface area contributed by atoms with Gasteiger partial charge >= 0.3 is 0 Å². The zero-order chi connectivity index (χ0) is 13.5. The number of hydrogen-bond donors (Lipinski definition) is 1. The second kappa shape index (κ2) is 6.58. The molecule has 0 radical (unpaired) electrons. The molecule has 0 aromatic heterocycles. The van der Waals surface area contributed by atoms with Gasteiger partial charge in [0.25, 0.3) is 0 Å². The average Bonchev–Trinajstić information content (AvgIpc) is 2.44. The molecule has 2 nitrogen and oxygen atoms in total. The van der Waals surface area contributed by atoms with Crippen molar-refractivity contribution in [2.45, 2.75) is 6.42 Å². The second-order valence-corrected chi connectivity index (χ2v) is 3.83. The van der Waals surface area contributed by atoms with E-state index in [1.807, 2.05) is 0 Å². The summed E-state index contributed by atoms with van der Waals surface area (Å²) in [5, 5.41) is 8.62. The van der Waals surface area contributed by atoms with Gasteiger partial charge in [-0.25, -0.2) is 4.39 Å². The molecule has 0 unspecified atom stereocenters. The fraction of sp³-hybridized carbons (Fsp3) is 0.125. The van der Waals surface area contributed by atoms with E-state index >= 15 is 0 Å². The molecule has 0 aliphatic carbocycles. The Hall–Kier alpha value is -2.31. The Bertz CT molecular complexity index is 594. The van der Waals surface area contributed by atoms with Gasteiger partial charge in [-0.2, -0.15) is 0 Å². The van der Waals surface area contributed by atoms with Gasteiger partial charge < -0.3 is 9.84 Å². The molecular formula is C16H13FO2. The van der Waals surface area contributed by atoms with E-state index in [-0.39, 0.29) is 12.4 Å². The maximum absolute atomic E-state index is 13.4. The van der Waals surface area contributed by atoms with Crippen LogP contribution in [-0.2, 0) is 0 Å². The summed E-state index contributed by atoms with van der Waals surface area (Å²) in [6, 6.07) is 13.3. The highest BCUT2D eigenvalue weighted by atomic mass is 19.1. The molecule has 2 aromatic carbocycles. The Balaban J connectivity index is 2.08. The predicted molar refractivity (Wildman–Crippen MR) is 71.5 cm³/mol. The smallest absolute Gasteiger partial charge is 0.165 e. The Kier molecular flexibility index (Phi) is 4.54. The highest BCUT2D eigenvalue weighted by molar-refractivity contribution is 5.40. The zero-order valence-electron chi connectivity index (χ0n) is 10.3. The van der Waals surface area contributed by atoms with E-state index in [2.05, 4.69) is 11.8 Å². The van der Waals surface area contributed by atoms with Gasteiger partial charge in [0.1, 0.15) is 5.75 Å². The fourth-order valence-corrected chi connectivity index (χ4v) is 1.48. The standard InChI is InChI=1S/C16H13FO2/c17-15-6-1-2-7-16(15)19-14-10-8-13(9-11-14)5-3-4-12-18/h1-2,6-11,18H,4,12H2. The van der Waals surface area contributed by atoms with E-state index in [4.69, 9.17) is 9.84 Å². The molecule has 3 heteroatoms. The molecule has 2 rings (SSSR count). The molecule has 2 aromatic rings. The lowest BCUT2D eigenvalue weighted by Crippen LogP contribution is -1.87. The Morgan fingerprint density at radius 1 is 1.05 bits per heavy atom. The first kappa shape index (κ1) is 13.1. The van der Waals surface area contributed by atoms with Gasteiger partial charge in [0.2, 0.25) is 0 Å². The predicted octanol–water partition coefficient (Wildman–Crippen LogP) is 3.35. The minimum absolute atomic E-state index is 0.0570. The summed E-state index contributed by atoms with van der Waals surface area (Å²) in [6.45, 7) is 0.0570. The summed E-state index contributed by atoms with van der Waals surface area (Å²) >= 11 is 0. The van der Waals surface area contributed by atoms with Gasteiger partial charge in [-0.05, 0) is 36.4 Å². The first-order valence-electron chi connectivity index (χ1n) is 5.92. The second-order valence-electron chi connectivity index (χ2n) is 3.83. The van der Waals surface area contributed by atoms with Crippen LogP contribution in [0.3, 0.4) is 0 Å². The van der Waals surface area contributed by atoms with Crippen molar-refractivity contribution in [2.24, 2.45) is 0 Å². The van der Waals surface area contributed by atoms with Crippen molar-refractivity contribution >= 4 is 0 Å². The fourth-order valence-electron chi connectivity index (χ4n) is 1.48. The number of rotatable bonds is 3. The molecule has 0 spiro atoms. The molecular weight excluding hydrogens is 243 g/mol. The number of halogens is 1. The van der Waals surface area contributed by atoms with Gasteiger partial charge in [0.15, 0.2) is 11.6 Å². The van der Waals surface area contributed by atoms with Crippen LogP contribution in [0.2, 0.25) is 0 Å². The highest BCUT2D eigenvalue weighted by Crippen LogP contribution is 2.23. The molecule has 0 heterocycles. The first-order chi connectivity index (χ1) is 9.29. The van der Waals surface area contributed by atoms with Crippen LogP contribution < -0.4 is 4.74 Å². The number of ether oxygens (including phenoxy) is 1. The lowest BCUT2D eigenvalue weighted by Gasteiger charge is -2.06. The van der Waals surface area contributed by atoms with Gasteiger partial charge in [0, 0.05) is 12.0 Å². The van der Waals surface area contributed by atoms with E-state index in [0.29, 0.717) is 12.2 Å². The van der Waals surface area contributed by atoms with E-state index in [0.717, 1.165) is 5.56 Å². The van der Waals surface area contributed by atoms with Crippen molar-refractivity contribution in [1.29, 1.82) is 0 Å². The van der Waals surface area contributed by atoms with Crippen LogP contribution >= 0.6 is 0 Å². The molecule has 0 saturated carbocycles. The van der Waals surface area contributed by atoms with E-state index in [1.54, 1.807) is 42.5 Å². The summed E-state index contributed by atoms with van der Waals surface area (Å²) in [4.78, 5) is 0. The number of aliphatic hydroxyl groups is 1. The summed E-state index contributed by atoms with van der Waals surface area (Å²) in [6.07, 6.45) is 0.452. The average molecular weight is 256 g/mol. The lowest BCUT2D eigenvalue weighted by atomic mass is 10.2. The molecule has 96 valence electrons. The minimum Gasteiger partial charge on any atom is -0.454 e. The van der Waals surface area contributed by atoms with Crippen LogP contribution in [0.15, 0.2) is 48.5 Å². The Labute approximate surface area is 111 Å². The molecule has 0 aliphatic rings. The molecule has 19 heavy (non-hydrogen) atoms. The quantitative estimate of drug-likeness (QED) is 0.853. The topological polar surface area (TPSA) is 29.5 Å². The van der Waals surface area contributed by atoms with Gasteiger partial charge in [-0.15, -0.1) is 0 Å². The first-order valence-corrected chi connectivity index (χ1v) is 5.92. The van der Waals surface area contributed by atoms with Crippen molar-refractivity contribution in [3.63, 3.8) is 0 Å². The van der Waals surface area contributed by atoms with E-state index in [1.165, 1.54) is 6.07 Å². The normalized spacial score (nSPS) is 9.58. The van der Waals surface area contributed by atoms with Gasteiger partial charge in [-0.1, -0.05) is 24.0 Å². The van der Waals surface area contributed by atoms with Crippen LogP contribution in [0, 0.1) is 17.7 Å². The van der Waals surface area contributed by atoms with Crippen molar-refractivity contribution in [2.75, 3.05) is 6.61 Å². The number of hydrogen-bond acceptors (Lipinski definition) is 2. The third-order valence-electron chi connectivity index (χ3n) is 2.39. The van der Waals surface area contributed by atoms with Crippen LogP contribution in [-0.4, -0.2) is 11.7 Å². The number of aliphatic hydroxyl groups excluding tert-OH is 1. The monoisotopic (exact) mass is 256 g/mol. The van der Waals surface area contributed by atoms with E-state index < -0.39 is 5.82 Å². The third kappa shape index (κ3) is 3.84. The van der Waals surface area contributed by atoms with Crippen molar-refractivity contribution in [1.82, 2.24) is 0 Å².